The van der Waals surface area contributed by atoms with Crippen molar-refractivity contribution < 1.29 is 19.1 Å². The van der Waals surface area contributed by atoms with E-state index in [1.807, 2.05) is 0 Å². The van der Waals surface area contributed by atoms with Gasteiger partial charge in [0.2, 0.25) is 11.8 Å². The van der Waals surface area contributed by atoms with Crippen LogP contribution in [0.2, 0.25) is 0 Å². The van der Waals surface area contributed by atoms with Gasteiger partial charge in [-0.3, -0.25) is 9.59 Å². The monoisotopic (exact) mass is 312 g/mol. The van der Waals surface area contributed by atoms with Crippen LogP contribution in [0.1, 0.15) is 45.4 Å². The lowest BCUT2D eigenvalue weighted by atomic mass is 9.86. The zero-order valence-corrected chi connectivity index (χ0v) is 13.4. The first-order chi connectivity index (χ1) is 10.6. The standard InChI is InChI=1S/C16H28N2O4/c1-12(19)17-8-3-6-16(20)18-14-7-9-21-11-15(14)22-10-13-4-2-5-13/h13-15H,2-11H2,1H3,(H,17,19)(H,18,20)/t14-,15-/m1/s1. The summed E-state index contributed by atoms with van der Waals surface area (Å²) in [6, 6.07) is 0.0436. The Kier molecular flexibility index (Phi) is 7.12. The summed E-state index contributed by atoms with van der Waals surface area (Å²) in [5, 5.41) is 5.76. The van der Waals surface area contributed by atoms with Crippen LogP contribution in [-0.4, -0.2) is 50.3 Å². The molecule has 0 unspecified atom stereocenters. The fourth-order valence-corrected chi connectivity index (χ4v) is 2.75. The van der Waals surface area contributed by atoms with E-state index in [2.05, 4.69) is 10.6 Å². The Morgan fingerprint density at radius 1 is 1.27 bits per heavy atom. The third kappa shape index (κ3) is 5.93. The van der Waals surface area contributed by atoms with Crippen molar-refractivity contribution >= 4 is 11.8 Å². The lowest BCUT2D eigenvalue weighted by molar-refractivity contribution is -0.127. The second kappa shape index (κ2) is 9.10. The minimum absolute atomic E-state index is 0.0227. The number of hydrogen-bond donors (Lipinski definition) is 2. The number of carbonyl (C=O) groups is 2. The number of nitrogens with one attached hydrogen (secondary N) is 2. The highest BCUT2D eigenvalue weighted by Crippen LogP contribution is 2.27. The van der Waals surface area contributed by atoms with Crippen molar-refractivity contribution in [3.8, 4) is 0 Å². The molecule has 0 radical (unpaired) electrons. The van der Waals surface area contributed by atoms with Crippen molar-refractivity contribution in [2.45, 2.75) is 57.6 Å². The smallest absolute Gasteiger partial charge is 0.220 e. The van der Waals surface area contributed by atoms with Crippen LogP contribution in [0.3, 0.4) is 0 Å². The Balaban J connectivity index is 1.65. The molecule has 0 aromatic heterocycles. The third-order valence-corrected chi connectivity index (χ3v) is 4.38. The Morgan fingerprint density at radius 2 is 2.09 bits per heavy atom. The van der Waals surface area contributed by atoms with Crippen molar-refractivity contribution in [2.75, 3.05) is 26.4 Å². The topological polar surface area (TPSA) is 76.7 Å². The van der Waals surface area contributed by atoms with Gasteiger partial charge >= 0.3 is 0 Å². The minimum atomic E-state index is -0.0608. The van der Waals surface area contributed by atoms with Crippen molar-refractivity contribution in [1.82, 2.24) is 10.6 Å². The van der Waals surface area contributed by atoms with Crippen LogP contribution in [0.4, 0.5) is 0 Å². The minimum Gasteiger partial charge on any atom is -0.379 e. The van der Waals surface area contributed by atoms with E-state index in [4.69, 9.17) is 9.47 Å². The first-order valence-corrected chi connectivity index (χ1v) is 8.38. The van der Waals surface area contributed by atoms with E-state index < -0.39 is 0 Å². The highest BCUT2D eigenvalue weighted by atomic mass is 16.5. The largest absolute Gasteiger partial charge is 0.379 e. The van der Waals surface area contributed by atoms with Crippen molar-refractivity contribution in [1.29, 1.82) is 0 Å². The average Bonchev–Trinajstić information content (AvgIpc) is 2.43. The first kappa shape index (κ1) is 17.2. The van der Waals surface area contributed by atoms with Crippen LogP contribution < -0.4 is 10.6 Å². The van der Waals surface area contributed by atoms with Crippen molar-refractivity contribution in [3.05, 3.63) is 0 Å². The molecule has 2 fully saturated rings. The molecule has 0 spiro atoms. The van der Waals surface area contributed by atoms with Gasteiger partial charge in [-0.2, -0.15) is 0 Å². The molecule has 2 rings (SSSR count). The molecule has 2 amide bonds. The van der Waals surface area contributed by atoms with E-state index in [0.29, 0.717) is 38.5 Å². The van der Waals surface area contributed by atoms with E-state index in [9.17, 15) is 9.59 Å². The van der Waals surface area contributed by atoms with Crippen molar-refractivity contribution in [2.24, 2.45) is 5.92 Å². The molecule has 22 heavy (non-hydrogen) atoms. The van der Waals surface area contributed by atoms with Gasteiger partial charge in [0.05, 0.1) is 12.6 Å². The molecule has 1 heterocycles. The Labute approximate surface area is 132 Å². The summed E-state index contributed by atoms with van der Waals surface area (Å²) >= 11 is 0. The third-order valence-electron chi connectivity index (χ3n) is 4.38. The highest BCUT2D eigenvalue weighted by molar-refractivity contribution is 5.76. The fraction of sp³-hybridized carbons (Fsp3) is 0.875. The van der Waals surface area contributed by atoms with Crippen LogP contribution in [0.25, 0.3) is 0 Å². The van der Waals surface area contributed by atoms with Gasteiger partial charge in [-0.05, 0) is 31.6 Å². The number of rotatable bonds is 8. The molecular weight excluding hydrogens is 284 g/mol. The molecule has 1 aliphatic carbocycles. The molecule has 2 atom stereocenters. The number of hydrogen-bond acceptors (Lipinski definition) is 4. The maximum absolute atomic E-state index is 12.0. The summed E-state index contributed by atoms with van der Waals surface area (Å²) in [5.41, 5.74) is 0. The Hall–Kier alpha value is -1.14. The lowest BCUT2D eigenvalue weighted by Gasteiger charge is -2.34. The molecule has 6 nitrogen and oxygen atoms in total. The summed E-state index contributed by atoms with van der Waals surface area (Å²) in [4.78, 5) is 22.7. The zero-order chi connectivity index (χ0) is 15.8. The zero-order valence-electron chi connectivity index (χ0n) is 13.4. The maximum atomic E-state index is 12.0. The van der Waals surface area contributed by atoms with Crippen LogP contribution in [0.5, 0.6) is 0 Å². The van der Waals surface area contributed by atoms with Crippen LogP contribution in [-0.2, 0) is 19.1 Å². The first-order valence-electron chi connectivity index (χ1n) is 8.38. The van der Waals surface area contributed by atoms with Gasteiger partial charge in [0.25, 0.3) is 0 Å². The molecule has 1 saturated heterocycles. The van der Waals surface area contributed by atoms with Crippen LogP contribution in [0.15, 0.2) is 0 Å². The number of carbonyl (C=O) groups excluding carboxylic acids is 2. The average molecular weight is 312 g/mol. The van der Waals surface area contributed by atoms with Gasteiger partial charge in [0, 0.05) is 33.1 Å². The van der Waals surface area contributed by atoms with Gasteiger partial charge < -0.3 is 20.1 Å². The molecular formula is C16H28N2O4. The summed E-state index contributed by atoms with van der Waals surface area (Å²) in [6.45, 7) is 4.02. The predicted molar refractivity (Wildman–Crippen MR) is 82.4 cm³/mol. The SMILES string of the molecule is CC(=O)NCCCC(=O)N[C@@H]1CCOC[C@H]1OCC1CCC1. The van der Waals surface area contributed by atoms with Crippen LogP contribution >= 0.6 is 0 Å². The lowest BCUT2D eigenvalue weighted by Crippen LogP contribution is -2.50. The quantitative estimate of drug-likeness (QED) is 0.655. The molecule has 1 aliphatic heterocycles. The Bertz CT molecular complexity index is 371. The second-order valence-electron chi connectivity index (χ2n) is 6.29. The van der Waals surface area contributed by atoms with Gasteiger partial charge in [-0.15, -0.1) is 0 Å². The fourth-order valence-electron chi connectivity index (χ4n) is 2.75. The van der Waals surface area contributed by atoms with Gasteiger partial charge in [0.15, 0.2) is 0 Å². The number of amides is 2. The highest BCUT2D eigenvalue weighted by Gasteiger charge is 2.29. The Morgan fingerprint density at radius 3 is 2.77 bits per heavy atom. The van der Waals surface area contributed by atoms with E-state index >= 15 is 0 Å². The van der Waals surface area contributed by atoms with Crippen molar-refractivity contribution in [3.63, 3.8) is 0 Å². The van der Waals surface area contributed by atoms with E-state index in [-0.39, 0.29) is 24.0 Å². The normalized spacial score (nSPS) is 25.3. The molecule has 6 heteroatoms. The van der Waals surface area contributed by atoms with Gasteiger partial charge in [0.1, 0.15) is 6.10 Å². The molecule has 126 valence electrons. The predicted octanol–water partition coefficient (Wildman–Crippen LogP) is 0.993. The van der Waals surface area contributed by atoms with Crippen LogP contribution in [0, 0.1) is 5.92 Å². The van der Waals surface area contributed by atoms with E-state index in [0.717, 1.165) is 13.0 Å². The summed E-state index contributed by atoms with van der Waals surface area (Å²) < 4.78 is 11.4. The summed E-state index contributed by atoms with van der Waals surface area (Å²) in [7, 11) is 0. The van der Waals surface area contributed by atoms with E-state index in [1.165, 1.54) is 26.2 Å². The summed E-state index contributed by atoms with van der Waals surface area (Å²) in [6.07, 6.45) is 5.67. The molecule has 0 bridgehead atoms. The second-order valence-corrected chi connectivity index (χ2v) is 6.29. The maximum Gasteiger partial charge on any atom is 0.220 e. The summed E-state index contributed by atoms with van der Waals surface area (Å²) in [5.74, 6) is 0.653. The molecule has 2 aliphatic rings. The molecule has 1 saturated carbocycles. The van der Waals surface area contributed by atoms with Gasteiger partial charge in [-0.1, -0.05) is 6.42 Å². The van der Waals surface area contributed by atoms with Gasteiger partial charge in [-0.25, -0.2) is 0 Å². The molecule has 0 aromatic rings. The number of ether oxygens (including phenoxy) is 2. The van der Waals surface area contributed by atoms with E-state index in [1.54, 1.807) is 0 Å². The molecule has 2 N–H and O–H groups in total. The molecule has 0 aromatic carbocycles.